The number of halogens is 1. The molecular weight excluding hydrogens is 286 g/mol. The molecule has 1 atom stereocenters. The van der Waals surface area contributed by atoms with Gasteiger partial charge in [-0.2, -0.15) is 5.26 Å². The number of piperidine rings is 1. The molecule has 3 rings (SSSR count). The van der Waals surface area contributed by atoms with Gasteiger partial charge in [-0.25, -0.2) is 4.98 Å². The number of anilines is 1. The lowest BCUT2D eigenvalue weighted by Gasteiger charge is -2.34. The molecule has 2 aliphatic rings. The van der Waals surface area contributed by atoms with Gasteiger partial charge in [0.15, 0.2) is 0 Å². The van der Waals surface area contributed by atoms with Crippen molar-refractivity contribution in [2.75, 3.05) is 31.2 Å². The third-order valence-electron chi connectivity index (χ3n) is 4.26. The van der Waals surface area contributed by atoms with E-state index in [2.05, 4.69) is 16.0 Å². The first-order valence-corrected chi connectivity index (χ1v) is 8.03. The zero-order valence-electron chi connectivity index (χ0n) is 12.1. The van der Waals surface area contributed by atoms with Crippen molar-refractivity contribution in [3.05, 3.63) is 23.0 Å². The lowest BCUT2D eigenvalue weighted by molar-refractivity contribution is 0.0859. The minimum Gasteiger partial charge on any atom is -0.381 e. The van der Waals surface area contributed by atoms with Gasteiger partial charge in [-0.05, 0) is 43.6 Å². The van der Waals surface area contributed by atoms with E-state index in [-0.39, 0.29) is 0 Å². The molecular formula is C16H20ClN3O. The van der Waals surface area contributed by atoms with Gasteiger partial charge in [0.1, 0.15) is 16.8 Å². The summed E-state index contributed by atoms with van der Waals surface area (Å²) in [5.74, 6) is 1.35. The van der Waals surface area contributed by atoms with Crippen LogP contribution >= 0.6 is 11.6 Å². The topological polar surface area (TPSA) is 49.2 Å². The Bertz CT molecular complexity index is 539. The number of nitrogens with zero attached hydrogens (tertiary/aromatic N) is 3. The van der Waals surface area contributed by atoms with Gasteiger partial charge in [0.25, 0.3) is 0 Å². The van der Waals surface area contributed by atoms with Crippen LogP contribution < -0.4 is 4.90 Å². The van der Waals surface area contributed by atoms with Gasteiger partial charge in [0.2, 0.25) is 0 Å². The summed E-state index contributed by atoms with van der Waals surface area (Å²) in [4.78, 5) is 6.24. The Kier molecular flexibility index (Phi) is 4.62. The van der Waals surface area contributed by atoms with Crippen LogP contribution in [0.25, 0.3) is 0 Å². The molecule has 1 saturated heterocycles. The molecule has 1 saturated carbocycles. The van der Waals surface area contributed by atoms with Crippen LogP contribution in [-0.2, 0) is 4.74 Å². The summed E-state index contributed by atoms with van der Waals surface area (Å²) in [6.45, 7) is 3.64. The first-order chi connectivity index (χ1) is 10.3. The van der Waals surface area contributed by atoms with Crippen LogP contribution in [0.4, 0.5) is 5.69 Å². The maximum absolute atomic E-state index is 9.28. The summed E-state index contributed by atoms with van der Waals surface area (Å²) in [6.07, 6.45) is 6.66. The molecule has 0 aromatic carbocycles. The van der Waals surface area contributed by atoms with E-state index in [9.17, 15) is 5.26 Å². The van der Waals surface area contributed by atoms with E-state index >= 15 is 0 Å². The van der Waals surface area contributed by atoms with E-state index in [1.165, 1.54) is 19.3 Å². The third kappa shape index (κ3) is 3.66. The van der Waals surface area contributed by atoms with Crippen LogP contribution in [0.1, 0.15) is 31.2 Å². The van der Waals surface area contributed by atoms with Crippen molar-refractivity contribution in [3.63, 3.8) is 0 Å². The van der Waals surface area contributed by atoms with Crippen molar-refractivity contribution in [1.29, 1.82) is 5.26 Å². The first-order valence-electron chi connectivity index (χ1n) is 7.65. The van der Waals surface area contributed by atoms with Crippen molar-refractivity contribution >= 4 is 17.3 Å². The fourth-order valence-electron chi connectivity index (χ4n) is 2.90. The summed E-state index contributed by atoms with van der Waals surface area (Å²) in [7, 11) is 0. The molecule has 21 heavy (non-hydrogen) atoms. The molecule has 1 aliphatic heterocycles. The summed E-state index contributed by atoms with van der Waals surface area (Å²) in [5, 5.41) is 9.57. The van der Waals surface area contributed by atoms with E-state index in [1.807, 2.05) is 6.07 Å². The molecule has 1 aromatic rings. The van der Waals surface area contributed by atoms with Crippen LogP contribution in [-0.4, -0.2) is 31.3 Å². The predicted molar refractivity (Wildman–Crippen MR) is 82.4 cm³/mol. The first kappa shape index (κ1) is 14.6. The Labute approximate surface area is 130 Å². The third-order valence-corrected chi connectivity index (χ3v) is 4.54. The van der Waals surface area contributed by atoms with E-state index in [0.717, 1.165) is 44.3 Å². The minimum absolute atomic E-state index is 0.294. The van der Waals surface area contributed by atoms with Gasteiger partial charge in [0, 0.05) is 25.9 Å². The summed E-state index contributed by atoms with van der Waals surface area (Å²) < 4.78 is 5.83. The highest BCUT2D eigenvalue weighted by molar-refractivity contribution is 6.30. The largest absolute Gasteiger partial charge is 0.381 e. The second-order valence-corrected chi connectivity index (χ2v) is 6.40. The molecule has 1 aromatic heterocycles. The van der Waals surface area contributed by atoms with E-state index in [0.29, 0.717) is 16.6 Å². The molecule has 0 spiro atoms. The van der Waals surface area contributed by atoms with Gasteiger partial charge in [0.05, 0.1) is 12.3 Å². The predicted octanol–water partition coefficient (Wildman–Crippen LogP) is 3.25. The molecule has 0 bridgehead atoms. The van der Waals surface area contributed by atoms with Crippen molar-refractivity contribution in [3.8, 4) is 6.07 Å². The summed E-state index contributed by atoms with van der Waals surface area (Å²) >= 11 is 6.03. The Balaban J connectivity index is 1.62. The molecule has 112 valence electrons. The van der Waals surface area contributed by atoms with Gasteiger partial charge in [-0.15, -0.1) is 0 Å². The Morgan fingerprint density at radius 3 is 2.90 bits per heavy atom. The van der Waals surface area contributed by atoms with Crippen LogP contribution in [0.2, 0.25) is 5.15 Å². The van der Waals surface area contributed by atoms with Gasteiger partial charge in [-0.1, -0.05) is 11.6 Å². The average Bonchev–Trinajstić information content (AvgIpc) is 3.31. The molecule has 4 nitrogen and oxygen atoms in total. The summed E-state index contributed by atoms with van der Waals surface area (Å²) in [6, 6.07) is 4.06. The standard InChI is InChI=1S/C16H20ClN3O/c17-16-14(8-18)15(5-6-19-16)20-7-1-2-13(9-20)11-21-10-12-3-4-12/h5-6,12-13H,1-4,7,9-11H2/t13-/m0/s1. The smallest absolute Gasteiger partial charge is 0.148 e. The normalized spacial score (nSPS) is 22.1. The van der Waals surface area contributed by atoms with Gasteiger partial charge in [-0.3, -0.25) is 0 Å². The zero-order chi connectivity index (χ0) is 14.7. The number of hydrogen-bond donors (Lipinski definition) is 0. The highest BCUT2D eigenvalue weighted by Crippen LogP contribution is 2.31. The van der Waals surface area contributed by atoms with Crippen LogP contribution in [0.3, 0.4) is 0 Å². The lowest BCUT2D eigenvalue weighted by Crippen LogP contribution is -2.37. The van der Waals surface area contributed by atoms with E-state index in [1.54, 1.807) is 6.20 Å². The lowest BCUT2D eigenvalue weighted by atomic mass is 9.98. The second kappa shape index (κ2) is 6.64. The second-order valence-electron chi connectivity index (χ2n) is 6.04. The molecule has 5 heteroatoms. The molecule has 0 unspecified atom stereocenters. The molecule has 2 fully saturated rings. The number of ether oxygens (including phenoxy) is 1. The van der Waals surface area contributed by atoms with E-state index in [4.69, 9.17) is 16.3 Å². The van der Waals surface area contributed by atoms with Crippen LogP contribution in [0.15, 0.2) is 12.3 Å². The molecule has 0 amide bonds. The van der Waals surface area contributed by atoms with E-state index < -0.39 is 0 Å². The number of hydrogen-bond acceptors (Lipinski definition) is 4. The number of aromatic nitrogens is 1. The van der Waals surface area contributed by atoms with Crippen LogP contribution in [0, 0.1) is 23.2 Å². The van der Waals surface area contributed by atoms with Crippen molar-refractivity contribution in [1.82, 2.24) is 4.98 Å². The Morgan fingerprint density at radius 2 is 2.14 bits per heavy atom. The average molecular weight is 306 g/mol. The maximum Gasteiger partial charge on any atom is 0.148 e. The zero-order valence-corrected chi connectivity index (χ0v) is 12.9. The molecule has 0 radical (unpaired) electrons. The quantitative estimate of drug-likeness (QED) is 0.784. The summed E-state index contributed by atoms with van der Waals surface area (Å²) in [5.41, 5.74) is 1.39. The maximum atomic E-state index is 9.28. The molecule has 1 aliphatic carbocycles. The minimum atomic E-state index is 0.294. The van der Waals surface area contributed by atoms with Crippen LogP contribution in [0.5, 0.6) is 0 Å². The number of nitriles is 1. The van der Waals surface area contributed by atoms with Crippen molar-refractivity contribution in [2.45, 2.75) is 25.7 Å². The van der Waals surface area contributed by atoms with Crippen molar-refractivity contribution in [2.24, 2.45) is 11.8 Å². The Hall–Kier alpha value is -1.31. The number of rotatable bonds is 5. The van der Waals surface area contributed by atoms with Gasteiger partial charge >= 0.3 is 0 Å². The molecule has 2 heterocycles. The fraction of sp³-hybridized carbons (Fsp3) is 0.625. The monoisotopic (exact) mass is 305 g/mol. The number of pyridine rings is 1. The molecule has 0 N–H and O–H groups in total. The Morgan fingerprint density at radius 1 is 1.33 bits per heavy atom. The van der Waals surface area contributed by atoms with Crippen molar-refractivity contribution < 1.29 is 4.74 Å². The van der Waals surface area contributed by atoms with Gasteiger partial charge < -0.3 is 9.64 Å². The highest BCUT2D eigenvalue weighted by Gasteiger charge is 2.25. The fourth-order valence-corrected chi connectivity index (χ4v) is 3.10. The SMILES string of the molecule is N#Cc1c(N2CCC[C@H](COCC3CC3)C2)ccnc1Cl. The highest BCUT2D eigenvalue weighted by atomic mass is 35.5.